The molecule has 0 aliphatic rings. The van der Waals surface area contributed by atoms with E-state index in [9.17, 15) is 14.5 Å². The van der Waals surface area contributed by atoms with Crippen LogP contribution in [0, 0.1) is 5.92 Å². The van der Waals surface area contributed by atoms with Crippen molar-refractivity contribution in [2.45, 2.75) is 38.6 Å². The molecule has 0 saturated heterocycles. The smallest absolute Gasteiger partial charge is 0.343 e. The summed E-state index contributed by atoms with van der Waals surface area (Å²) in [4.78, 5) is 16.3. The zero-order chi connectivity index (χ0) is 19.6. The molecule has 8 heteroatoms. The SMILES string of the molecule is CCOP(=O)(CC(C)C)C(=CCCCSc1ncccc1O)C(=O)OC. The molecule has 1 N–H and O–H groups in total. The zero-order valence-corrected chi connectivity index (χ0v) is 17.5. The number of allylic oxidation sites excluding steroid dienone is 1. The maximum absolute atomic E-state index is 13.2. The topological polar surface area (TPSA) is 85.7 Å². The highest BCUT2D eigenvalue weighted by atomic mass is 32.2. The Morgan fingerprint density at radius 3 is 2.77 bits per heavy atom. The van der Waals surface area contributed by atoms with Crippen molar-refractivity contribution in [1.29, 1.82) is 0 Å². The molecule has 0 fully saturated rings. The molecule has 0 bridgehead atoms. The lowest BCUT2D eigenvalue weighted by Crippen LogP contribution is -2.12. The Balaban J connectivity index is 2.77. The zero-order valence-electron chi connectivity index (χ0n) is 15.8. The van der Waals surface area contributed by atoms with Crippen LogP contribution in [0.25, 0.3) is 0 Å². The van der Waals surface area contributed by atoms with E-state index in [1.54, 1.807) is 31.3 Å². The molecule has 0 aromatic carbocycles. The number of unbranched alkanes of at least 4 members (excludes halogenated alkanes) is 1. The third-order valence-corrected chi connectivity index (χ3v) is 7.45. The van der Waals surface area contributed by atoms with Gasteiger partial charge in [0.25, 0.3) is 0 Å². The van der Waals surface area contributed by atoms with Crippen molar-refractivity contribution in [3.8, 4) is 5.75 Å². The van der Waals surface area contributed by atoms with Crippen LogP contribution in [-0.4, -0.2) is 41.7 Å². The van der Waals surface area contributed by atoms with Crippen LogP contribution in [0.1, 0.15) is 33.6 Å². The lowest BCUT2D eigenvalue weighted by Gasteiger charge is -2.21. The van der Waals surface area contributed by atoms with Crippen LogP contribution >= 0.6 is 19.1 Å². The van der Waals surface area contributed by atoms with Gasteiger partial charge in [0, 0.05) is 12.4 Å². The van der Waals surface area contributed by atoms with Gasteiger partial charge in [-0.25, -0.2) is 9.78 Å². The number of aromatic nitrogens is 1. The molecule has 0 radical (unpaired) electrons. The van der Waals surface area contributed by atoms with Crippen LogP contribution in [0.4, 0.5) is 0 Å². The summed E-state index contributed by atoms with van der Waals surface area (Å²) >= 11 is 1.43. The highest BCUT2D eigenvalue weighted by Gasteiger charge is 2.34. The molecule has 1 heterocycles. The summed E-state index contributed by atoms with van der Waals surface area (Å²) in [6, 6.07) is 3.26. The standard InChI is InChI=1S/C18H28NO5PS/c1-5-24-25(22,13-14(2)3)16(18(21)23-4)10-6-7-12-26-17-15(20)9-8-11-19-17/h8-11,14,20H,5-7,12-13H2,1-4H3. The van der Waals surface area contributed by atoms with Gasteiger partial charge in [-0.15, -0.1) is 11.8 Å². The molecule has 1 atom stereocenters. The van der Waals surface area contributed by atoms with Crippen LogP contribution in [0.5, 0.6) is 5.75 Å². The molecule has 1 rings (SSSR count). The van der Waals surface area contributed by atoms with Crippen LogP contribution < -0.4 is 0 Å². The Kier molecular flexibility index (Phi) is 9.99. The Morgan fingerprint density at radius 2 is 2.19 bits per heavy atom. The van der Waals surface area contributed by atoms with Crippen LogP contribution in [0.2, 0.25) is 0 Å². The van der Waals surface area contributed by atoms with E-state index < -0.39 is 13.3 Å². The summed E-state index contributed by atoms with van der Waals surface area (Å²) in [6.07, 6.45) is 4.89. The predicted octanol–water partition coefficient (Wildman–Crippen LogP) is 4.69. The van der Waals surface area contributed by atoms with E-state index in [1.807, 2.05) is 13.8 Å². The van der Waals surface area contributed by atoms with Crippen LogP contribution in [0.3, 0.4) is 0 Å². The first-order chi connectivity index (χ1) is 12.3. The number of methoxy groups -OCH3 is 1. The second-order valence-corrected chi connectivity index (χ2v) is 9.60. The Bertz CT molecular complexity index is 663. The van der Waals surface area contributed by atoms with Crippen LogP contribution in [0.15, 0.2) is 34.7 Å². The summed E-state index contributed by atoms with van der Waals surface area (Å²) in [6.45, 7) is 5.91. The van der Waals surface area contributed by atoms with E-state index in [1.165, 1.54) is 18.9 Å². The number of rotatable bonds is 11. The van der Waals surface area contributed by atoms with E-state index in [0.29, 0.717) is 23.4 Å². The number of thioether (sulfide) groups is 1. The number of aromatic hydroxyl groups is 1. The largest absolute Gasteiger partial charge is 0.505 e. The Morgan fingerprint density at radius 1 is 1.46 bits per heavy atom. The second-order valence-electron chi connectivity index (χ2n) is 6.07. The lowest BCUT2D eigenvalue weighted by molar-refractivity contribution is -0.135. The van der Waals surface area contributed by atoms with E-state index in [2.05, 4.69) is 4.98 Å². The summed E-state index contributed by atoms with van der Waals surface area (Å²) < 4.78 is 23.5. The number of carbonyl (C=O) groups excluding carboxylic acids is 1. The summed E-state index contributed by atoms with van der Waals surface area (Å²) in [5.41, 5.74) is 0. The van der Waals surface area contributed by atoms with Crippen molar-refractivity contribution < 1.29 is 23.7 Å². The number of nitrogens with zero attached hydrogens (tertiary/aromatic N) is 1. The molecular formula is C18H28NO5PS. The first kappa shape index (κ1) is 22.7. The quantitative estimate of drug-likeness (QED) is 0.189. The van der Waals surface area contributed by atoms with Gasteiger partial charge in [-0.3, -0.25) is 4.57 Å². The highest BCUT2D eigenvalue weighted by molar-refractivity contribution is 7.99. The molecule has 6 nitrogen and oxygen atoms in total. The van der Waals surface area contributed by atoms with Crippen molar-refractivity contribution in [2.24, 2.45) is 5.92 Å². The fourth-order valence-electron chi connectivity index (χ4n) is 2.36. The van der Waals surface area contributed by atoms with E-state index in [-0.39, 0.29) is 23.6 Å². The van der Waals surface area contributed by atoms with Crippen molar-refractivity contribution >= 4 is 25.1 Å². The van der Waals surface area contributed by atoms with E-state index >= 15 is 0 Å². The molecule has 0 spiro atoms. The van der Waals surface area contributed by atoms with Crippen molar-refractivity contribution in [3.05, 3.63) is 29.7 Å². The molecule has 0 aliphatic carbocycles. The molecule has 26 heavy (non-hydrogen) atoms. The molecule has 1 aromatic rings. The van der Waals surface area contributed by atoms with Gasteiger partial charge in [0.15, 0.2) is 0 Å². The lowest BCUT2D eigenvalue weighted by atomic mass is 10.3. The Labute approximate surface area is 159 Å². The normalized spacial score (nSPS) is 14.3. The van der Waals surface area contributed by atoms with Gasteiger partial charge in [0.2, 0.25) is 7.37 Å². The summed E-state index contributed by atoms with van der Waals surface area (Å²) in [5, 5.41) is 10.4. The number of carbonyl (C=O) groups is 1. The minimum atomic E-state index is -3.25. The fraction of sp³-hybridized carbons (Fsp3) is 0.556. The number of pyridine rings is 1. The molecule has 0 saturated carbocycles. The van der Waals surface area contributed by atoms with Gasteiger partial charge in [-0.2, -0.15) is 0 Å². The highest BCUT2D eigenvalue weighted by Crippen LogP contribution is 2.56. The van der Waals surface area contributed by atoms with Gasteiger partial charge in [0.05, 0.1) is 13.7 Å². The van der Waals surface area contributed by atoms with Crippen molar-refractivity contribution in [3.63, 3.8) is 0 Å². The van der Waals surface area contributed by atoms with E-state index in [4.69, 9.17) is 9.26 Å². The molecule has 146 valence electrons. The van der Waals surface area contributed by atoms with Crippen LogP contribution in [-0.2, 0) is 18.6 Å². The minimum absolute atomic E-state index is 0.128. The molecule has 1 unspecified atom stereocenters. The number of hydrogen-bond acceptors (Lipinski definition) is 7. The molecule has 0 amide bonds. The van der Waals surface area contributed by atoms with E-state index in [0.717, 1.165) is 6.42 Å². The van der Waals surface area contributed by atoms with Gasteiger partial charge in [-0.1, -0.05) is 19.9 Å². The fourth-order valence-corrected chi connectivity index (χ4v) is 5.81. The van der Waals surface area contributed by atoms with Crippen molar-refractivity contribution in [1.82, 2.24) is 4.98 Å². The molecule has 1 aromatic heterocycles. The average Bonchev–Trinajstić information content (AvgIpc) is 2.58. The third kappa shape index (κ3) is 7.14. The number of esters is 1. The maximum Gasteiger partial charge on any atom is 0.343 e. The second kappa shape index (κ2) is 11.4. The van der Waals surface area contributed by atoms with Gasteiger partial charge in [-0.05, 0) is 43.6 Å². The van der Waals surface area contributed by atoms with Crippen molar-refractivity contribution in [2.75, 3.05) is 25.6 Å². The Hall–Kier alpha value is -1.30. The minimum Gasteiger partial charge on any atom is -0.505 e. The molecule has 0 aliphatic heterocycles. The number of hydrogen-bond donors (Lipinski definition) is 1. The average molecular weight is 401 g/mol. The first-order valence-corrected chi connectivity index (χ1v) is 11.4. The van der Waals surface area contributed by atoms with Gasteiger partial charge < -0.3 is 14.4 Å². The van der Waals surface area contributed by atoms with Gasteiger partial charge >= 0.3 is 5.97 Å². The maximum atomic E-state index is 13.2. The number of ether oxygens (including phenoxy) is 1. The summed E-state index contributed by atoms with van der Waals surface area (Å²) in [7, 11) is -1.97. The third-order valence-electron chi connectivity index (χ3n) is 3.38. The summed E-state index contributed by atoms with van der Waals surface area (Å²) in [5.74, 6) is 0.389. The monoisotopic (exact) mass is 401 g/mol. The molecular weight excluding hydrogens is 373 g/mol. The predicted molar refractivity (Wildman–Crippen MR) is 105 cm³/mol. The first-order valence-electron chi connectivity index (χ1n) is 8.63. The van der Waals surface area contributed by atoms with Gasteiger partial charge in [0.1, 0.15) is 16.1 Å².